The number of amides is 1. The maximum absolute atomic E-state index is 13.6. The second-order valence-corrected chi connectivity index (χ2v) is 8.24. The predicted molar refractivity (Wildman–Crippen MR) is 91.0 cm³/mol. The predicted octanol–water partition coefficient (Wildman–Crippen LogP) is 2.03. The molecule has 0 atom stereocenters. The van der Waals surface area contributed by atoms with E-state index in [0.29, 0.717) is 10.6 Å². The van der Waals surface area contributed by atoms with Gasteiger partial charge in [0, 0.05) is 16.7 Å². The normalized spacial score (nSPS) is 11.4. The summed E-state index contributed by atoms with van der Waals surface area (Å²) >= 11 is 0. The fourth-order valence-electron chi connectivity index (χ4n) is 2.14. The molecule has 0 fully saturated rings. The van der Waals surface area contributed by atoms with Crippen LogP contribution in [0.2, 0.25) is 0 Å². The van der Waals surface area contributed by atoms with Gasteiger partial charge >= 0.3 is 0 Å². The van der Waals surface area contributed by atoms with Crippen LogP contribution in [0, 0.1) is 0 Å². The molecule has 0 saturated carbocycles. The molecule has 0 aliphatic rings. The molecular weight excluding hydrogens is 295 g/mol. The molecule has 2 aromatic rings. The van der Waals surface area contributed by atoms with Gasteiger partial charge in [-0.3, -0.25) is 10.2 Å². The number of carbonyl (C=O) groups excluding carboxylic acids is 1. The van der Waals surface area contributed by atoms with E-state index in [1.54, 1.807) is 0 Å². The third kappa shape index (κ3) is 4.06. The van der Waals surface area contributed by atoms with Gasteiger partial charge in [0.25, 0.3) is 0 Å². The molecule has 0 aromatic heterocycles. The summed E-state index contributed by atoms with van der Waals surface area (Å²) in [4.78, 5) is 12.2. The fourth-order valence-corrected chi connectivity index (χ4v) is 4.59. The Hall–Kier alpha value is -1.90. The molecule has 0 heterocycles. The van der Waals surface area contributed by atoms with Crippen molar-refractivity contribution >= 4 is 23.7 Å². The van der Waals surface area contributed by atoms with Gasteiger partial charge in [-0.1, -0.05) is 60.7 Å². The van der Waals surface area contributed by atoms with Crippen LogP contribution in [0.1, 0.15) is 13.8 Å². The number of carbonyl (C=O) groups is 1. The molecule has 2 aromatic carbocycles. The molecular formula is C17H21N2O2P. The second-order valence-electron chi connectivity index (χ2n) is 5.42. The summed E-state index contributed by atoms with van der Waals surface area (Å²) in [7, 11) is -2.99. The van der Waals surface area contributed by atoms with Crippen LogP contribution in [0.25, 0.3) is 0 Å². The number of hydrogen-bond donors (Lipinski definition) is 2. The summed E-state index contributed by atoms with van der Waals surface area (Å²) in [5.74, 6) is -0.273. The highest BCUT2D eigenvalue weighted by atomic mass is 31.2. The van der Waals surface area contributed by atoms with Crippen molar-refractivity contribution in [3.05, 3.63) is 60.7 Å². The van der Waals surface area contributed by atoms with Gasteiger partial charge in [0.1, 0.15) is 0 Å². The monoisotopic (exact) mass is 316 g/mol. The van der Waals surface area contributed by atoms with Crippen molar-refractivity contribution < 1.29 is 9.36 Å². The molecule has 2 rings (SSSR count). The topological polar surface area (TPSA) is 58.2 Å². The average Bonchev–Trinajstić information content (AvgIpc) is 2.54. The molecule has 4 nitrogen and oxygen atoms in total. The van der Waals surface area contributed by atoms with E-state index in [1.807, 2.05) is 74.5 Å². The standard InChI is InChI=1S/C17H21N2O2P/c1-14(2)18-19-17(20)13-22(21,15-9-5-3-6-10-15)16-11-7-4-8-12-16/h3-12,14,18H,13H2,1-2H3,(H,19,20). The second kappa shape index (κ2) is 7.39. The first-order valence-corrected chi connectivity index (χ1v) is 9.16. The quantitative estimate of drug-likeness (QED) is 0.633. The molecule has 0 unspecified atom stereocenters. The lowest BCUT2D eigenvalue weighted by atomic mass is 10.4. The van der Waals surface area contributed by atoms with Crippen molar-refractivity contribution in [3.8, 4) is 0 Å². The van der Waals surface area contributed by atoms with Crippen LogP contribution in [-0.2, 0) is 9.36 Å². The van der Waals surface area contributed by atoms with Gasteiger partial charge in [0.05, 0.1) is 6.16 Å². The molecule has 0 saturated heterocycles. The molecule has 22 heavy (non-hydrogen) atoms. The molecule has 0 aliphatic heterocycles. The van der Waals surface area contributed by atoms with Crippen LogP contribution in [0.3, 0.4) is 0 Å². The number of hydrazine groups is 1. The minimum absolute atomic E-state index is 0.0548. The van der Waals surface area contributed by atoms with Gasteiger partial charge in [0.15, 0.2) is 7.14 Å². The highest BCUT2D eigenvalue weighted by Gasteiger charge is 2.30. The molecule has 116 valence electrons. The summed E-state index contributed by atoms with van der Waals surface area (Å²) in [6, 6.07) is 18.5. The van der Waals surface area contributed by atoms with Gasteiger partial charge in [0.2, 0.25) is 5.91 Å². The van der Waals surface area contributed by atoms with Crippen LogP contribution < -0.4 is 21.5 Å². The summed E-state index contributed by atoms with van der Waals surface area (Å²) in [5, 5.41) is 1.39. The van der Waals surface area contributed by atoms with Crippen LogP contribution in [-0.4, -0.2) is 18.1 Å². The van der Waals surface area contributed by atoms with Gasteiger partial charge in [-0.25, -0.2) is 5.43 Å². The Morgan fingerprint density at radius 2 is 1.41 bits per heavy atom. The van der Waals surface area contributed by atoms with E-state index in [0.717, 1.165) is 0 Å². The first kappa shape index (κ1) is 16.5. The Bertz CT molecular complexity index is 613. The number of nitrogens with one attached hydrogen (secondary N) is 2. The third-order valence-corrected chi connectivity index (χ3v) is 6.21. The first-order valence-electron chi connectivity index (χ1n) is 7.27. The van der Waals surface area contributed by atoms with E-state index in [2.05, 4.69) is 10.9 Å². The van der Waals surface area contributed by atoms with Crippen LogP contribution >= 0.6 is 7.14 Å². The van der Waals surface area contributed by atoms with Crippen molar-refractivity contribution in [2.75, 3.05) is 6.16 Å². The molecule has 0 bridgehead atoms. The Morgan fingerprint density at radius 3 is 1.82 bits per heavy atom. The number of rotatable bonds is 6. The maximum atomic E-state index is 13.6. The Morgan fingerprint density at radius 1 is 0.955 bits per heavy atom. The van der Waals surface area contributed by atoms with E-state index in [-0.39, 0.29) is 18.1 Å². The molecule has 0 spiro atoms. The molecule has 2 N–H and O–H groups in total. The summed E-state index contributed by atoms with van der Waals surface area (Å²) in [5.41, 5.74) is 5.47. The third-order valence-electron chi connectivity index (χ3n) is 3.21. The highest BCUT2D eigenvalue weighted by Crippen LogP contribution is 2.42. The van der Waals surface area contributed by atoms with Crippen molar-refractivity contribution in [1.29, 1.82) is 0 Å². The Balaban J connectivity index is 2.31. The molecule has 5 heteroatoms. The minimum atomic E-state index is -2.99. The SMILES string of the molecule is CC(C)NNC(=O)CP(=O)(c1ccccc1)c1ccccc1. The zero-order chi connectivity index (χ0) is 16.0. The number of hydrogen-bond acceptors (Lipinski definition) is 3. The van der Waals surface area contributed by atoms with Crippen molar-refractivity contribution in [2.45, 2.75) is 19.9 Å². The summed E-state index contributed by atoms with van der Waals surface area (Å²) < 4.78 is 13.6. The molecule has 1 amide bonds. The van der Waals surface area contributed by atoms with E-state index in [1.165, 1.54) is 0 Å². The van der Waals surface area contributed by atoms with Crippen LogP contribution in [0.5, 0.6) is 0 Å². The first-order chi connectivity index (χ1) is 10.5. The van der Waals surface area contributed by atoms with Crippen LogP contribution in [0.4, 0.5) is 0 Å². The van der Waals surface area contributed by atoms with Gasteiger partial charge in [-0.2, -0.15) is 0 Å². The summed E-state index contributed by atoms with van der Waals surface area (Å²) in [6.07, 6.45) is -0.0548. The Kier molecular flexibility index (Phi) is 5.53. The maximum Gasteiger partial charge on any atom is 0.242 e. The zero-order valence-electron chi connectivity index (χ0n) is 12.8. The lowest BCUT2D eigenvalue weighted by Gasteiger charge is -2.19. The van der Waals surface area contributed by atoms with Crippen LogP contribution in [0.15, 0.2) is 60.7 Å². The number of benzene rings is 2. The van der Waals surface area contributed by atoms with E-state index in [9.17, 15) is 9.36 Å². The lowest BCUT2D eigenvalue weighted by molar-refractivity contribution is -0.119. The van der Waals surface area contributed by atoms with Gasteiger partial charge in [-0.05, 0) is 13.8 Å². The minimum Gasteiger partial charge on any atom is -0.313 e. The van der Waals surface area contributed by atoms with E-state index in [4.69, 9.17) is 0 Å². The lowest BCUT2D eigenvalue weighted by Crippen LogP contribution is -2.43. The van der Waals surface area contributed by atoms with Gasteiger partial charge in [-0.15, -0.1) is 0 Å². The van der Waals surface area contributed by atoms with Gasteiger partial charge < -0.3 is 4.57 Å². The molecule has 0 aliphatic carbocycles. The fraction of sp³-hybridized carbons (Fsp3) is 0.235. The van der Waals surface area contributed by atoms with Crippen molar-refractivity contribution in [1.82, 2.24) is 10.9 Å². The van der Waals surface area contributed by atoms with E-state index < -0.39 is 7.14 Å². The smallest absolute Gasteiger partial charge is 0.242 e. The zero-order valence-corrected chi connectivity index (χ0v) is 13.7. The highest BCUT2D eigenvalue weighted by molar-refractivity contribution is 7.79. The molecule has 0 radical (unpaired) electrons. The van der Waals surface area contributed by atoms with Crippen molar-refractivity contribution in [2.24, 2.45) is 0 Å². The van der Waals surface area contributed by atoms with Crippen molar-refractivity contribution in [3.63, 3.8) is 0 Å². The largest absolute Gasteiger partial charge is 0.313 e. The Labute approximate surface area is 131 Å². The summed E-state index contributed by atoms with van der Waals surface area (Å²) in [6.45, 7) is 3.85. The van der Waals surface area contributed by atoms with E-state index >= 15 is 0 Å². The average molecular weight is 316 g/mol.